The van der Waals surface area contributed by atoms with Crippen molar-refractivity contribution in [3.8, 4) is 0 Å². The molecule has 0 aliphatic rings. The summed E-state index contributed by atoms with van der Waals surface area (Å²) in [5.41, 5.74) is 0.610. The lowest BCUT2D eigenvalue weighted by Crippen LogP contribution is -2.32. The number of furan rings is 1. The van der Waals surface area contributed by atoms with E-state index in [1.165, 1.54) is 0 Å². The summed E-state index contributed by atoms with van der Waals surface area (Å²) >= 11 is 0. The highest BCUT2D eigenvalue weighted by molar-refractivity contribution is 5.92. The second-order valence-electron chi connectivity index (χ2n) is 5.95. The summed E-state index contributed by atoms with van der Waals surface area (Å²) in [6, 6.07) is 12.4. The highest BCUT2D eigenvalue weighted by Crippen LogP contribution is 2.26. The van der Waals surface area contributed by atoms with Crippen LogP contribution in [0.4, 0.5) is 14.5 Å². The molecule has 2 aromatic carbocycles. The summed E-state index contributed by atoms with van der Waals surface area (Å²) in [7, 11) is 1.76. The van der Waals surface area contributed by atoms with Gasteiger partial charge < -0.3 is 9.73 Å². The van der Waals surface area contributed by atoms with Crippen LogP contribution < -0.4 is 5.32 Å². The molecular formula is C19H18F2N2O2. The Balaban J connectivity index is 1.67. The van der Waals surface area contributed by atoms with E-state index in [4.69, 9.17) is 4.42 Å². The number of para-hydroxylation sites is 1. The van der Waals surface area contributed by atoms with Gasteiger partial charge in [-0.05, 0) is 38.2 Å². The van der Waals surface area contributed by atoms with E-state index in [0.29, 0.717) is 0 Å². The van der Waals surface area contributed by atoms with E-state index in [2.05, 4.69) is 5.32 Å². The largest absolute Gasteiger partial charge is 0.459 e. The molecule has 3 rings (SSSR count). The third-order valence-corrected chi connectivity index (χ3v) is 4.11. The molecule has 1 unspecified atom stereocenters. The number of likely N-dealkylation sites (N-methyl/N-ethyl adjacent to an activating group) is 1. The molecule has 4 nitrogen and oxygen atoms in total. The number of amides is 1. The van der Waals surface area contributed by atoms with E-state index >= 15 is 0 Å². The van der Waals surface area contributed by atoms with Crippen molar-refractivity contribution in [1.82, 2.24) is 4.90 Å². The molecule has 1 amide bonds. The molecular weight excluding hydrogens is 326 g/mol. The summed E-state index contributed by atoms with van der Waals surface area (Å²) in [5, 5.41) is 3.38. The van der Waals surface area contributed by atoms with E-state index in [0.717, 1.165) is 34.9 Å². The molecule has 0 aliphatic carbocycles. The van der Waals surface area contributed by atoms with Gasteiger partial charge in [-0.1, -0.05) is 18.2 Å². The van der Waals surface area contributed by atoms with Gasteiger partial charge in [0.2, 0.25) is 5.91 Å². The minimum absolute atomic E-state index is 0.00810. The fourth-order valence-electron chi connectivity index (χ4n) is 2.57. The van der Waals surface area contributed by atoms with Crippen molar-refractivity contribution in [3.63, 3.8) is 0 Å². The minimum atomic E-state index is -0.678. The van der Waals surface area contributed by atoms with Crippen LogP contribution in [-0.4, -0.2) is 24.4 Å². The normalized spacial score (nSPS) is 12.5. The number of anilines is 1. The fraction of sp³-hybridized carbons (Fsp3) is 0.211. The van der Waals surface area contributed by atoms with Gasteiger partial charge in [-0.15, -0.1) is 0 Å². The predicted molar refractivity (Wildman–Crippen MR) is 92.2 cm³/mol. The molecule has 1 aromatic heterocycles. The van der Waals surface area contributed by atoms with Crippen LogP contribution in [0.1, 0.15) is 18.7 Å². The number of carbonyl (C=O) groups excluding carboxylic acids is 1. The van der Waals surface area contributed by atoms with E-state index in [1.807, 2.05) is 37.3 Å². The van der Waals surface area contributed by atoms with Crippen molar-refractivity contribution < 1.29 is 18.0 Å². The maximum absolute atomic E-state index is 13.6. The number of carbonyl (C=O) groups is 1. The van der Waals surface area contributed by atoms with Crippen LogP contribution in [0.25, 0.3) is 11.0 Å². The highest BCUT2D eigenvalue weighted by atomic mass is 19.1. The first-order valence-corrected chi connectivity index (χ1v) is 7.87. The standard InChI is InChI=1S/C19H18F2N2O2/c1-12(18-9-13-5-3-4-6-17(13)25-18)23(2)11-19(24)22-16-10-14(20)7-8-15(16)21/h3-10,12H,11H2,1-2H3,(H,22,24). The zero-order chi connectivity index (χ0) is 18.0. The third kappa shape index (κ3) is 3.85. The first kappa shape index (κ1) is 17.1. The number of hydrogen-bond acceptors (Lipinski definition) is 3. The van der Waals surface area contributed by atoms with E-state index in [9.17, 15) is 13.6 Å². The summed E-state index contributed by atoms with van der Waals surface area (Å²) in [6.07, 6.45) is 0. The van der Waals surface area contributed by atoms with Crippen molar-refractivity contribution in [2.45, 2.75) is 13.0 Å². The summed E-state index contributed by atoms with van der Waals surface area (Å²) in [6.45, 7) is 1.92. The smallest absolute Gasteiger partial charge is 0.238 e. The van der Waals surface area contributed by atoms with Gasteiger partial charge in [-0.3, -0.25) is 9.69 Å². The highest BCUT2D eigenvalue weighted by Gasteiger charge is 2.19. The lowest BCUT2D eigenvalue weighted by molar-refractivity contribution is -0.117. The molecule has 6 heteroatoms. The SMILES string of the molecule is CC(c1cc2ccccc2o1)N(C)CC(=O)Nc1cc(F)ccc1F. The number of nitrogens with zero attached hydrogens (tertiary/aromatic N) is 1. The van der Waals surface area contributed by atoms with Gasteiger partial charge in [0, 0.05) is 11.5 Å². The van der Waals surface area contributed by atoms with E-state index in [1.54, 1.807) is 11.9 Å². The Labute approximate surface area is 144 Å². The molecule has 3 aromatic rings. The van der Waals surface area contributed by atoms with Crippen molar-refractivity contribution in [2.75, 3.05) is 18.9 Å². The molecule has 1 N–H and O–H groups in total. The van der Waals surface area contributed by atoms with Gasteiger partial charge in [0.15, 0.2) is 0 Å². The molecule has 0 bridgehead atoms. The topological polar surface area (TPSA) is 45.5 Å². The second kappa shape index (κ2) is 7.03. The van der Waals surface area contributed by atoms with Crippen LogP contribution in [-0.2, 0) is 4.79 Å². The average molecular weight is 344 g/mol. The van der Waals surface area contributed by atoms with E-state index in [-0.39, 0.29) is 18.3 Å². The molecule has 25 heavy (non-hydrogen) atoms. The number of benzene rings is 2. The van der Waals surface area contributed by atoms with Crippen LogP contribution in [0.3, 0.4) is 0 Å². The Morgan fingerprint density at radius 3 is 2.72 bits per heavy atom. The van der Waals surface area contributed by atoms with Gasteiger partial charge >= 0.3 is 0 Å². The van der Waals surface area contributed by atoms with E-state index < -0.39 is 17.5 Å². The van der Waals surface area contributed by atoms with Gasteiger partial charge in [-0.25, -0.2) is 8.78 Å². The molecule has 1 atom stereocenters. The van der Waals surface area contributed by atoms with Gasteiger partial charge in [0.1, 0.15) is 23.0 Å². The maximum atomic E-state index is 13.6. The van der Waals surface area contributed by atoms with Crippen LogP contribution in [0.2, 0.25) is 0 Å². The quantitative estimate of drug-likeness (QED) is 0.749. The van der Waals surface area contributed by atoms with Gasteiger partial charge in [0.05, 0.1) is 18.3 Å². The molecule has 1 heterocycles. The second-order valence-corrected chi connectivity index (χ2v) is 5.95. The van der Waals surface area contributed by atoms with Crippen molar-refractivity contribution in [1.29, 1.82) is 0 Å². The van der Waals surface area contributed by atoms with Gasteiger partial charge in [-0.2, -0.15) is 0 Å². The average Bonchev–Trinajstić information content (AvgIpc) is 3.01. The number of fused-ring (bicyclic) bond motifs is 1. The Morgan fingerprint density at radius 1 is 1.20 bits per heavy atom. The molecule has 0 aliphatic heterocycles. The zero-order valence-corrected chi connectivity index (χ0v) is 13.9. The van der Waals surface area contributed by atoms with Crippen LogP contribution in [0.5, 0.6) is 0 Å². The monoisotopic (exact) mass is 344 g/mol. The summed E-state index contributed by atoms with van der Waals surface area (Å²) in [4.78, 5) is 13.9. The number of nitrogens with one attached hydrogen (secondary N) is 1. The first-order valence-electron chi connectivity index (χ1n) is 7.87. The van der Waals surface area contributed by atoms with Crippen LogP contribution >= 0.6 is 0 Å². The molecule has 0 saturated carbocycles. The number of rotatable bonds is 5. The Bertz CT molecular complexity index is 874. The Hall–Kier alpha value is -2.73. The Morgan fingerprint density at radius 2 is 1.96 bits per heavy atom. The lowest BCUT2D eigenvalue weighted by atomic mass is 10.2. The van der Waals surface area contributed by atoms with Crippen molar-refractivity contribution in [3.05, 3.63) is 65.9 Å². The molecule has 0 spiro atoms. The summed E-state index contributed by atoms with van der Waals surface area (Å²) < 4.78 is 32.6. The predicted octanol–water partition coefficient (Wildman–Crippen LogP) is 4.34. The van der Waals surface area contributed by atoms with Crippen LogP contribution in [0.15, 0.2) is 52.9 Å². The van der Waals surface area contributed by atoms with Crippen molar-refractivity contribution in [2.24, 2.45) is 0 Å². The van der Waals surface area contributed by atoms with Crippen LogP contribution in [0, 0.1) is 11.6 Å². The lowest BCUT2D eigenvalue weighted by Gasteiger charge is -2.22. The summed E-state index contributed by atoms with van der Waals surface area (Å²) in [5.74, 6) is -0.994. The first-order chi connectivity index (χ1) is 11.9. The molecule has 0 radical (unpaired) electrons. The molecule has 0 saturated heterocycles. The number of hydrogen-bond donors (Lipinski definition) is 1. The maximum Gasteiger partial charge on any atom is 0.238 e. The Kier molecular flexibility index (Phi) is 4.81. The van der Waals surface area contributed by atoms with Gasteiger partial charge in [0.25, 0.3) is 0 Å². The fourth-order valence-corrected chi connectivity index (χ4v) is 2.57. The molecule has 0 fully saturated rings. The third-order valence-electron chi connectivity index (χ3n) is 4.11. The molecule has 130 valence electrons. The minimum Gasteiger partial charge on any atom is -0.459 e. The number of halogens is 2. The zero-order valence-electron chi connectivity index (χ0n) is 13.9. The van der Waals surface area contributed by atoms with Crippen molar-refractivity contribution >= 4 is 22.6 Å².